The van der Waals surface area contributed by atoms with Crippen molar-refractivity contribution in [2.24, 2.45) is 5.73 Å². The molecule has 76 valence electrons. The second-order valence-corrected chi connectivity index (χ2v) is 4.15. The van der Waals surface area contributed by atoms with Gasteiger partial charge in [0.25, 0.3) is 0 Å². The van der Waals surface area contributed by atoms with Gasteiger partial charge in [0.05, 0.1) is 11.2 Å². The summed E-state index contributed by atoms with van der Waals surface area (Å²) in [7, 11) is 3.87. The molecule has 4 heteroatoms. The molecule has 14 heavy (non-hydrogen) atoms. The van der Waals surface area contributed by atoms with E-state index in [1.165, 1.54) is 6.42 Å². The van der Waals surface area contributed by atoms with Crippen LogP contribution in [0.15, 0.2) is 12.3 Å². The Morgan fingerprint density at radius 2 is 2.14 bits per heavy atom. The summed E-state index contributed by atoms with van der Waals surface area (Å²) in [5.74, 6) is 0.735. The number of anilines is 1. The Bertz CT molecular complexity index is 331. The molecule has 1 aromatic rings. The molecular weight excluding hydrogens is 176 g/mol. The van der Waals surface area contributed by atoms with Crippen LogP contribution in [0, 0.1) is 0 Å². The Morgan fingerprint density at radius 3 is 2.64 bits per heavy atom. The summed E-state index contributed by atoms with van der Waals surface area (Å²) in [6.07, 6.45) is 5.07. The van der Waals surface area contributed by atoms with Gasteiger partial charge in [-0.05, 0) is 25.3 Å². The van der Waals surface area contributed by atoms with Crippen LogP contribution in [-0.4, -0.2) is 24.1 Å². The Kier molecular flexibility index (Phi) is 2.15. The molecule has 0 aromatic carbocycles. The molecule has 0 spiro atoms. The fourth-order valence-corrected chi connectivity index (χ4v) is 1.65. The van der Waals surface area contributed by atoms with Crippen LogP contribution in [0.4, 0.5) is 5.95 Å². The van der Waals surface area contributed by atoms with E-state index in [2.05, 4.69) is 9.97 Å². The molecule has 0 radical (unpaired) electrons. The first-order valence-electron chi connectivity index (χ1n) is 4.91. The summed E-state index contributed by atoms with van der Waals surface area (Å²) >= 11 is 0. The number of nitrogens with zero attached hydrogens (tertiary/aromatic N) is 3. The third kappa shape index (κ3) is 1.46. The monoisotopic (exact) mass is 192 g/mol. The average Bonchev–Trinajstić information content (AvgIpc) is 2.14. The van der Waals surface area contributed by atoms with Crippen LogP contribution in [0.1, 0.15) is 25.0 Å². The lowest BCUT2D eigenvalue weighted by Crippen LogP contribution is -2.44. The van der Waals surface area contributed by atoms with Crippen LogP contribution in [0.2, 0.25) is 0 Å². The van der Waals surface area contributed by atoms with Gasteiger partial charge in [0, 0.05) is 20.3 Å². The zero-order valence-electron chi connectivity index (χ0n) is 8.70. The van der Waals surface area contributed by atoms with Crippen molar-refractivity contribution in [3.8, 4) is 0 Å². The maximum atomic E-state index is 6.18. The molecule has 1 fully saturated rings. The minimum absolute atomic E-state index is 0.187. The highest BCUT2D eigenvalue weighted by atomic mass is 15.2. The molecule has 2 N–H and O–H groups in total. The smallest absolute Gasteiger partial charge is 0.225 e. The van der Waals surface area contributed by atoms with Crippen molar-refractivity contribution in [1.82, 2.24) is 9.97 Å². The molecular formula is C10H16N4. The molecule has 4 nitrogen and oxygen atoms in total. The fourth-order valence-electron chi connectivity index (χ4n) is 1.65. The van der Waals surface area contributed by atoms with E-state index in [4.69, 9.17) is 5.73 Å². The number of nitrogens with two attached hydrogens (primary N) is 1. The van der Waals surface area contributed by atoms with Gasteiger partial charge in [-0.1, -0.05) is 0 Å². The third-order valence-corrected chi connectivity index (χ3v) is 2.80. The quantitative estimate of drug-likeness (QED) is 0.755. The maximum absolute atomic E-state index is 6.18. The van der Waals surface area contributed by atoms with Gasteiger partial charge >= 0.3 is 0 Å². The summed E-state index contributed by atoms with van der Waals surface area (Å²) in [4.78, 5) is 10.5. The van der Waals surface area contributed by atoms with E-state index in [-0.39, 0.29) is 5.54 Å². The summed E-state index contributed by atoms with van der Waals surface area (Å²) < 4.78 is 0. The number of hydrogen-bond acceptors (Lipinski definition) is 4. The Morgan fingerprint density at radius 1 is 1.43 bits per heavy atom. The van der Waals surface area contributed by atoms with Gasteiger partial charge in [-0.3, -0.25) is 0 Å². The average molecular weight is 192 g/mol. The molecule has 1 aliphatic rings. The van der Waals surface area contributed by atoms with Gasteiger partial charge in [-0.25, -0.2) is 9.97 Å². The zero-order chi connectivity index (χ0) is 10.2. The maximum Gasteiger partial charge on any atom is 0.225 e. The highest BCUT2D eigenvalue weighted by Gasteiger charge is 2.35. The molecule has 2 rings (SSSR count). The normalized spacial score (nSPS) is 18.8. The van der Waals surface area contributed by atoms with E-state index >= 15 is 0 Å². The second kappa shape index (κ2) is 3.20. The van der Waals surface area contributed by atoms with Crippen LogP contribution in [0.5, 0.6) is 0 Å². The molecule has 0 unspecified atom stereocenters. The molecule has 0 atom stereocenters. The fraction of sp³-hybridized carbons (Fsp3) is 0.600. The molecule has 0 bridgehead atoms. The molecule has 0 aliphatic heterocycles. The van der Waals surface area contributed by atoms with Gasteiger partial charge in [0.1, 0.15) is 0 Å². The van der Waals surface area contributed by atoms with Crippen molar-refractivity contribution in [2.45, 2.75) is 24.8 Å². The minimum atomic E-state index is -0.187. The number of rotatable bonds is 2. The molecule has 0 saturated heterocycles. The van der Waals surface area contributed by atoms with Gasteiger partial charge < -0.3 is 10.6 Å². The van der Waals surface area contributed by atoms with E-state index in [0.717, 1.165) is 24.5 Å². The summed E-state index contributed by atoms with van der Waals surface area (Å²) in [5, 5.41) is 0. The van der Waals surface area contributed by atoms with Gasteiger partial charge in [-0.15, -0.1) is 0 Å². The number of aromatic nitrogens is 2. The molecule has 1 aliphatic carbocycles. The van der Waals surface area contributed by atoms with Crippen molar-refractivity contribution < 1.29 is 0 Å². The SMILES string of the molecule is CN(C)c1nccc(C2(N)CCC2)n1. The number of hydrogen-bond donors (Lipinski definition) is 1. The Hall–Kier alpha value is -1.16. The van der Waals surface area contributed by atoms with Crippen LogP contribution < -0.4 is 10.6 Å². The zero-order valence-corrected chi connectivity index (χ0v) is 8.70. The predicted octanol–water partition coefficient (Wildman–Crippen LogP) is 0.880. The lowest BCUT2D eigenvalue weighted by atomic mass is 9.75. The van der Waals surface area contributed by atoms with E-state index in [1.807, 2.05) is 25.1 Å². The first-order valence-corrected chi connectivity index (χ1v) is 4.91. The van der Waals surface area contributed by atoms with E-state index in [9.17, 15) is 0 Å². The molecule has 1 aromatic heterocycles. The van der Waals surface area contributed by atoms with Crippen LogP contribution in [0.25, 0.3) is 0 Å². The van der Waals surface area contributed by atoms with Crippen molar-refractivity contribution in [3.63, 3.8) is 0 Å². The van der Waals surface area contributed by atoms with Crippen molar-refractivity contribution in [2.75, 3.05) is 19.0 Å². The van der Waals surface area contributed by atoms with Crippen molar-refractivity contribution >= 4 is 5.95 Å². The van der Waals surface area contributed by atoms with Crippen LogP contribution in [-0.2, 0) is 5.54 Å². The van der Waals surface area contributed by atoms with E-state index < -0.39 is 0 Å². The highest BCUT2D eigenvalue weighted by molar-refractivity contribution is 5.30. The minimum Gasteiger partial charge on any atom is -0.347 e. The van der Waals surface area contributed by atoms with E-state index in [1.54, 1.807) is 6.20 Å². The van der Waals surface area contributed by atoms with Gasteiger partial charge in [0.15, 0.2) is 0 Å². The molecule has 1 saturated carbocycles. The topological polar surface area (TPSA) is 55.0 Å². The van der Waals surface area contributed by atoms with Crippen molar-refractivity contribution in [3.05, 3.63) is 18.0 Å². The lowest BCUT2D eigenvalue weighted by molar-refractivity contribution is 0.246. The van der Waals surface area contributed by atoms with Crippen LogP contribution >= 0.6 is 0 Å². The van der Waals surface area contributed by atoms with Gasteiger partial charge in [-0.2, -0.15) is 0 Å². The first-order chi connectivity index (χ1) is 6.62. The predicted molar refractivity (Wildman–Crippen MR) is 56.1 cm³/mol. The molecule has 1 heterocycles. The summed E-state index contributed by atoms with van der Waals surface area (Å²) in [6, 6.07) is 1.92. The molecule has 0 amide bonds. The first kappa shape index (κ1) is 9.40. The van der Waals surface area contributed by atoms with Crippen molar-refractivity contribution in [1.29, 1.82) is 0 Å². The van der Waals surface area contributed by atoms with Gasteiger partial charge in [0.2, 0.25) is 5.95 Å². The lowest BCUT2D eigenvalue weighted by Gasteiger charge is -2.37. The third-order valence-electron chi connectivity index (χ3n) is 2.80. The Labute approximate surface area is 84.2 Å². The largest absolute Gasteiger partial charge is 0.347 e. The second-order valence-electron chi connectivity index (χ2n) is 4.15. The summed E-state index contributed by atoms with van der Waals surface area (Å²) in [5.41, 5.74) is 6.97. The van der Waals surface area contributed by atoms with Crippen LogP contribution in [0.3, 0.4) is 0 Å². The summed E-state index contributed by atoms with van der Waals surface area (Å²) in [6.45, 7) is 0. The Balaban J connectivity index is 2.30. The highest BCUT2D eigenvalue weighted by Crippen LogP contribution is 2.37. The van der Waals surface area contributed by atoms with E-state index in [0.29, 0.717) is 0 Å². The standard InChI is InChI=1S/C10H16N4/c1-14(2)9-12-7-4-8(13-9)10(11)5-3-6-10/h4,7H,3,5-6,11H2,1-2H3.